The van der Waals surface area contributed by atoms with E-state index in [1.807, 2.05) is 9.80 Å². The zero-order valence-electron chi connectivity index (χ0n) is 15.3. The second kappa shape index (κ2) is 6.54. The topological polar surface area (TPSA) is 72.0 Å². The molecule has 0 bridgehead atoms. The number of rotatable bonds is 5. The minimum atomic E-state index is -0.360. The van der Waals surface area contributed by atoms with Crippen LogP contribution in [0.3, 0.4) is 0 Å². The standard InChI is InChI=1S/C19H25N3O4/c1-25-15-6-5-14(11-20-15)17(23)21-9-7-19(8-10-21)16(26-2)18(24)22(19)12-13-3-4-13/h5-6,11,13,16H,3-4,7-10,12H2,1-2H3. The molecular formula is C19H25N3O4. The Bertz CT molecular complexity index is 693. The molecule has 1 spiro atoms. The third-order valence-corrected chi connectivity index (χ3v) is 6.00. The van der Waals surface area contributed by atoms with E-state index in [2.05, 4.69) is 4.98 Å². The lowest BCUT2D eigenvalue weighted by Gasteiger charge is -2.59. The maximum Gasteiger partial charge on any atom is 0.255 e. The lowest BCUT2D eigenvalue weighted by atomic mass is 9.72. The molecular weight excluding hydrogens is 334 g/mol. The molecule has 0 N–H and O–H groups in total. The van der Waals surface area contributed by atoms with Crippen LogP contribution < -0.4 is 4.74 Å². The molecule has 1 aliphatic carbocycles. The highest BCUT2D eigenvalue weighted by atomic mass is 16.5. The first-order valence-electron chi connectivity index (χ1n) is 9.22. The highest BCUT2D eigenvalue weighted by Crippen LogP contribution is 2.45. The first kappa shape index (κ1) is 17.3. The van der Waals surface area contributed by atoms with Gasteiger partial charge in [-0.1, -0.05) is 0 Å². The number of β-lactam (4-membered cyclic amide) rings is 1. The highest BCUT2D eigenvalue weighted by molar-refractivity contribution is 5.94. The fourth-order valence-electron chi connectivity index (χ4n) is 4.26. The van der Waals surface area contributed by atoms with E-state index in [4.69, 9.17) is 9.47 Å². The number of piperidine rings is 1. The summed E-state index contributed by atoms with van der Waals surface area (Å²) in [5.74, 6) is 1.23. The average molecular weight is 359 g/mol. The van der Waals surface area contributed by atoms with Crippen LogP contribution in [-0.2, 0) is 9.53 Å². The van der Waals surface area contributed by atoms with Crippen molar-refractivity contribution in [1.29, 1.82) is 0 Å². The molecule has 1 aromatic rings. The van der Waals surface area contributed by atoms with Crippen molar-refractivity contribution in [2.45, 2.75) is 37.3 Å². The third kappa shape index (κ3) is 2.74. The van der Waals surface area contributed by atoms with Crippen LogP contribution in [0, 0.1) is 5.92 Å². The Hall–Kier alpha value is -2.15. The minimum Gasteiger partial charge on any atom is -0.481 e. The van der Waals surface area contributed by atoms with Crippen LogP contribution in [0.25, 0.3) is 0 Å². The quantitative estimate of drug-likeness (QED) is 0.742. The number of carbonyl (C=O) groups is 2. The largest absolute Gasteiger partial charge is 0.481 e. The van der Waals surface area contributed by atoms with Gasteiger partial charge in [0.25, 0.3) is 11.8 Å². The van der Waals surface area contributed by atoms with Gasteiger partial charge >= 0.3 is 0 Å². The van der Waals surface area contributed by atoms with E-state index in [0.29, 0.717) is 30.5 Å². The molecule has 1 saturated carbocycles. The van der Waals surface area contributed by atoms with Crippen molar-refractivity contribution in [3.05, 3.63) is 23.9 Å². The molecule has 3 fully saturated rings. The summed E-state index contributed by atoms with van der Waals surface area (Å²) in [6.45, 7) is 2.09. The molecule has 4 rings (SSSR count). The van der Waals surface area contributed by atoms with Crippen molar-refractivity contribution >= 4 is 11.8 Å². The van der Waals surface area contributed by atoms with Gasteiger partial charge in [-0.25, -0.2) is 4.98 Å². The van der Waals surface area contributed by atoms with Crippen LogP contribution in [0.1, 0.15) is 36.0 Å². The van der Waals surface area contributed by atoms with Crippen LogP contribution >= 0.6 is 0 Å². The summed E-state index contributed by atoms with van der Waals surface area (Å²) in [6.07, 6.45) is 5.15. The van der Waals surface area contributed by atoms with Gasteiger partial charge in [-0.2, -0.15) is 0 Å². The van der Waals surface area contributed by atoms with Crippen molar-refractivity contribution < 1.29 is 19.1 Å². The van der Waals surface area contributed by atoms with Crippen LogP contribution in [0.15, 0.2) is 18.3 Å². The Kier molecular flexibility index (Phi) is 4.34. The predicted molar refractivity (Wildman–Crippen MR) is 93.9 cm³/mol. The van der Waals surface area contributed by atoms with Gasteiger partial charge in [0.15, 0.2) is 6.10 Å². The van der Waals surface area contributed by atoms with Crippen molar-refractivity contribution in [1.82, 2.24) is 14.8 Å². The molecule has 0 aromatic carbocycles. The Morgan fingerprint density at radius 3 is 2.54 bits per heavy atom. The van der Waals surface area contributed by atoms with E-state index in [1.54, 1.807) is 32.5 Å². The van der Waals surface area contributed by atoms with Crippen molar-refractivity contribution in [2.75, 3.05) is 33.9 Å². The van der Waals surface area contributed by atoms with Gasteiger partial charge in [-0.05, 0) is 37.7 Å². The van der Waals surface area contributed by atoms with Crippen LogP contribution in [-0.4, -0.2) is 72.1 Å². The summed E-state index contributed by atoms with van der Waals surface area (Å²) in [5, 5.41) is 0. The number of ether oxygens (including phenoxy) is 2. The number of aromatic nitrogens is 1. The van der Waals surface area contributed by atoms with Gasteiger partial charge in [-0.3, -0.25) is 9.59 Å². The Labute approximate surface area is 153 Å². The van der Waals surface area contributed by atoms with E-state index < -0.39 is 0 Å². The van der Waals surface area contributed by atoms with Crippen molar-refractivity contribution in [3.63, 3.8) is 0 Å². The summed E-state index contributed by atoms with van der Waals surface area (Å²) < 4.78 is 10.6. The average Bonchev–Trinajstić information content (AvgIpc) is 3.51. The van der Waals surface area contributed by atoms with Gasteiger partial charge in [-0.15, -0.1) is 0 Å². The van der Waals surface area contributed by atoms with Crippen LogP contribution in [0.4, 0.5) is 0 Å². The second-order valence-electron chi connectivity index (χ2n) is 7.49. The SMILES string of the molecule is COc1ccc(C(=O)N2CCC3(CC2)C(OC)C(=O)N3CC2CC2)cn1. The monoisotopic (exact) mass is 359 g/mol. The van der Waals surface area contributed by atoms with Gasteiger partial charge in [0.2, 0.25) is 5.88 Å². The Morgan fingerprint density at radius 2 is 2.00 bits per heavy atom. The zero-order chi connectivity index (χ0) is 18.3. The smallest absolute Gasteiger partial charge is 0.255 e. The molecule has 2 amide bonds. The molecule has 0 radical (unpaired) electrons. The summed E-state index contributed by atoms with van der Waals surface area (Å²) in [4.78, 5) is 33.1. The molecule has 7 heteroatoms. The maximum absolute atomic E-state index is 12.7. The molecule has 1 atom stereocenters. The molecule has 2 saturated heterocycles. The fourth-order valence-corrected chi connectivity index (χ4v) is 4.26. The number of amides is 2. The number of pyridine rings is 1. The first-order chi connectivity index (χ1) is 12.6. The first-order valence-corrected chi connectivity index (χ1v) is 9.22. The van der Waals surface area contributed by atoms with Crippen LogP contribution in [0.5, 0.6) is 5.88 Å². The number of methoxy groups -OCH3 is 2. The molecule has 140 valence electrons. The second-order valence-corrected chi connectivity index (χ2v) is 7.49. The minimum absolute atomic E-state index is 0.0247. The number of nitrogens with zero attached hydrogens (tertiary/aromatic N) is 3. The van der Waals surface area contributed by atoms with Crippen molar-refractivity contribution in [3.8, 4) is 5.88 Å². The van der Waals surface area contributed by atoms with Crippen LogP contribution in [0.2, 0.25) is 0 Å². The molecule has 1 unspecified atom stereocenters. The lowest BCUT2D eigenvalue weighted by Crippen LogP contribution is -2.77. The van der Waals surface area contributed by atoms with E-state index >= 15 is 0 Å². The molecule has 26 heavy (non-hydrogen) atoms. The number of carbonyl (C=O) groups excluding carboxylic acids is 2. The Balaban J connectivity index is 1.43. The fraction of sp³-hybridized carbons (Fsp3) is 0.632. The third-order valence-electron chi connectivity index (χ3n) is 6.00. The van der Waals surface area contributed by atoms with E-state index in [9.17, 15) is 9.59 Å². The van der Waals surface area contributed by atoms with E-state index in [-0.39, 0.29) is 23.5 Å². The summed E-state index contributed by atoms with van der Waals surface area (Å²) in [5.41, 5.74) is 0.327. The van der Waals surface area contributed by atoms with E-state index in [1.165, 1.54) is 12.8 Å². The summed E-state index contributed by atoms with van der Waals surface area (Å²) in [6, 6.07) is 3.43. The highest BCUT2D eigenvalue weighted by Gasteiger charge is 2.61. The van der Waals surface area contributed by atoms with Gasteiger partial charge in [0.1, 0.15) is 0 Å². The van der Waals surface area contributed by atoms with Crippen molar-refractivity contribution in [2.24, 2.45) is 5.92 Å². The number of likely N-dealkylation sites (tertiary alicyclic amines) is 2. The molecule has 7 nitrogen and oxygen atoms in total. The number of hydrogen-bond acceptors (Lipinski definition) is 5. The molecule has 3 heterocycles. The lowest BCUT2D eigenvalue weighted by molar-refractivity contribution is -0.198. The zero-order valence-corrected chi connectivity index (χ0v) is 15.3. The van der Waals surface area contributed by atoms with E-state index in [0.717, 1.165) is 19.4 Å². The predicted octanol–water partition coefficient (Wildman–Crippen LogP) is 1.33. The molecule has 3 aliphatic rings. The molecule has 1 aromatic heterocycles. The van der Waals surface area contributed by atoms with Gasteiger partial charge < -0.3 is 19.3 Å². The van der Waals surface area contributed by atoms with Gasteiger partial charge in [0.05, 0.1) is 18.2 Å². The number of hydrogen-bond donors (Lipinski definition) is 0. The molecule has 2 aliphatic heterocycles. The Morgan fingerprint density at radius 1 is 1.27 bits per heavy atom. The normalized spacial score (nSPS) is 24.5. The summed E-state index contributed by atoms with van der Waals surface area (Å²) >= 11 is 0. The summed E-state index contributed by atoms with van der Waals surface area (Å²) in [7, 11) is 3.16. The van der Waals surface area contributed by atoms with Gasteiger partial charge in [0, 0.05) is 39.0 Å². The maximum atomic E-state index is 12.7.